The molecule has 0 atom stereocenters. The van der Waals surface area contributed by atoms with Crippen LogP contribution in [0.4, 0.5) is 0 Å². The van der Waals surface area contributed by atoms with Gasteiger partial charge < -0.3 is 15.5 Å². The predicted molar refractivity (Wildman–Crippen MR) is 124 cm³/mol. The maximum absolute atomic E-state index is 12.6. The van der Waals surface area contributed by atoms with E-state index in [0.717, 1.165) is 56.0 Å². The molecule has 0 aromatic heterocycles. The van der Waals surface area contributed by atoms with Crippen molar-refractivity contribution in [2.24, 2.45) is 4.99 Å². The highest BCUT2D eigenvalue weighted by Gasteiger charge is 2.17. The number of piperidine rings is 1. The van der Waals surface area contributed by atoms with E-state index in [0.29, 0.717) is 6.54 Å². The molecule has 2 aromatic carbocycles. The van der Waals surface area contributed by atoms with Crippen molar-refractivity contribution in [1.29, 1.82) is 0 Å². The van der Waals surface area contributed by atoms with Crippen molar-refractivity contribution in [2.45, 2.75) is 46.1 Å². The molecule has 1 amide bonds. The van der Waals surface area contributed by atoms with Crippen molar-refractivity contribution >= 4 is 11.9 Å². The van der Waals surface area contributed by atoms with Crippen LogP contribution in [0.5, 0.6) is 0 Å². The number of guanidine groups is 1. The number of benzene rings is 2. The summed E-state index contributed by atoms with van der Waals surface area (Å²) < 4.78 is 0. The maximum atomic E-state index is 12.6. The van der Waals surface area contributed by atoms with Crippen molar-refractivity contribution < 1.29 is 4.79 Å². The second kappa shape index (κ2) is 10.8. The van der Waals surface area contributed by atoms with E-state index >= 15 is 0 Å². The summed E-state index contributed by atoms with van der Waals surface area (Å²) in [7, 11) is 1.78. The van der Waals surface area contributed by atoms with E-state index in [9.17, 15) is 4.79 Å². The molecule has 2 aromatic rings. The smallest absolute Gasteiger partial charge is 0.253 e. The quantitative estimate of drug-likeness (QED) is 0.566. The van der Waals surface area contributed by atoms with Gasteiger partial charge in [-0.25, -0.2) is 0 Å². The summed E-state index contributed by atoms with van der Waals surface area (Å²) in [6.07, 6.45) is 4.41. The lowest BCUT2D eigenvalue weighted by atomic mass is 10.1. The van der Waals surface area contributed by atoms with Crippen LogP contribution in [0.2, 0.25) is 0 Å². The normalized spacial score (nSPS) is 14.5. The number of hydrogen-bond acceptors (Lipinski definition) is 2. The number of aliphatic imine (C=N–C) groups is 1. The second-order valence-electron chi connectivity index (χ2n) is 8.15. The van der Waals surface area contributed by atoms with Crippen LogP contribution in [0.25, 0.3) is 0 Å². The molecular formula is C25H34N4O. The molecule has 1 heterocycles. The minimum Gasteiger partial charge on any atom is -0.356 e. The molecular weight excluding hydrogens is 372 g/mol. The fourth-order valence-electron chi connectivity index (χ4n) is 3.99. The molecule has 0 unspecified atom stereocenters. The third-order valence-electron chi connectivity index (χ3n) is 5.52. The van der Waals surface area contributed by atoms with Crippen molar-refractivity contribution in [3.63, 3.8) is 0 Å². The summed E-state index contributed by atoms with van der Waals surface area (Å²) in [4.78, 5) is 18.9. The Morgan fingerprint density at radius 1 is 0.933 bits per heavy atom. The monoisotopic (exact) mass is 406 g/mol. The fourth-order valence-corrected chi connectivity index (χ4v) is 3.99. The van der Waals surface area contributed by atoms with Crippen LogP contribution < -0.4 is 10.6 Å². The number of hydrogen-bond donors (Lipinski definition) is 2. The van der Waals surface area contributed by atoms with E-state index in [1.54, 1.807) is 7.05 Å². The summed E-state index contributed by atoms with van der Waals surface area (Å²) >= 11 is 0. The highest BCUT2D eigenvalue weighted by Crippen LogP contribution is 2.14. The molecule has 160 valence electrons. The maximum Gasteiger partial charge on any atom is 0.253 e. The van der Waals surface area contributed by atoms with Crippen molar-refractivity contribution in [3.05, 3.63) is 70.3 Å². The number of amides is 1. The highest BCUT2D eigenvalue weighted by atomic mass is 16.2. The van der Waals surface area contributed by atoms with Crippen LogP contribution >= 0.6 is 0 Å². The van der Waals surface area contributed by atoms with Crippen molar-refractivity contribution in [3.8, 4) is 0 Å². The largest absolute Gasteiger partial charge is 0.356 e. The molecule has 0 spiro atoms. The van der Waals surface area contributed by atoms with Gasteiger partial charge in [-0.1, -0.05) is 41.5 Å². The number of rotatable bonds is 6. The Bertz CT molecular complexity index is 847. The van der Waals surface area contributed by atoms with Gasteiger partial charge in [0.1, 0.15) is 0 Å². The molecule has 1 aliphatic rings. The van der Waals surface area contributed by atoms with Crippen LogP contribution in [-0.4, -0.2) is 43.4 Å². The Hall–Kier alpha value is -2.82. The van der Waals surface area contributed by atoms with E-state index in [2.05, 4.69) is 47.7 Å². The third-order valence-corrected chi connectivity index (χ3v) is 5.52. The topological polar surface area (TPSA) is 56.7 Å². The molecule has 5 heteroatoms. The SMILES string of the molecule is CN=C(NCCc1cc(C)cc(C)c1)NCc1ccc(C(=O)N2CCCCC2)cc1. The second-order valence-corrected chi connectivity index (χ2v) is 8.15. The van der Waals surface area contributed by atoms with E-state index in [1.807, 2.05) is 29.2 Å². The van der Waals surface area contributed by atoms with Crippen LogP contribution in [0.3, 0.4) is 0 Å². The van der Waals surface area contributed by atoms with E-state index < -0.39 is 0 Å². The molecule has 30 heavy (non-hydrogen) atoms. The molecule has 1 saturated heterocycles. The molecule has 2 N–H and O–H groups in total. The summed E-state index contributed by atoms with van der Waals surface area (Å²) in [6.45, 7) is 7.53. The third kappa shape index (κ3) is 6.34. The van der Waals surface area contributed by atoms with Crippen LogP contribution in [-0.2, 0) is 13.0 Å². The number of aryl methyl sites for hydroxylation is 2. The molecule has 1 aliphatic heterocycles. The molecule has 0 radical (unpaired) electrons. The Labute approximate surface area is 180 Å². The van der Waals surface area contributed by atoms with Crippen molar-refractivity contribution in [2.75, 3.05) is 26.7 Å². The zero-order chi connectivity index (χ0) is 21.3. The number of carbonyl (C=O) groups excluding carboxylic acids is 1. The lowest BCUT2D eigenvalue weighted by Crippen LogP contribution is -2.38. The molecule has 0 bridgehead atoms. The summed E-state index contributed by atoms with van der Waals surface area (Å²) in [5.41, 5.74) is 5.84. The van der Waals surface area contributed by atoms with E-state index in [4.69, 9.17) is 0 Å². The minimum absolute atomic E-state index is 0.151. The first-order valence-corrected chi connectivity index (χ1v) is 10.9. The summed E-state index contributed by atoms with van der Waals surface area (Å²) in [5.74, 6) is 0.936. The Morgan fingerprint density at radius 2 is 1.60 bits per heavy atom. The van der Waals surface area contributed by atoms with Gasteiger partial charge in [-0.2, -0.15) is 0 Å². The molecule has 0 aliphatic carbocycles. The summed E-state index contributed by atoms with van der Waals surface area (Å²) in [5, 5.41) is 6.73. The first kappa shape index (κ1) is 21.9. The average molecular weight is 407 g/mol. The van der Waals surface area contributed by atoms with E-state index in [-0.39, 0.29) is 5.91 Å². The van der Waals surface area contributed by atoms with Gasteiger partial charge in [-0.15, -0.1) is 0 Å². The van der Waals surface area contributed by atoms with E-state index in [1.165, 1.54) is 23.1 Å². The van der Waals surface area contributed by atoms with Gasteiger partial charge in [0.25, 0.3) is 5.91 Å². The number of nitrogens with one attached hydrogen (secondary N) is 2. The van der Waals surface area contributed by atoms with Gasteiger partial charge >= 0.3 is 0 Å². The van der Waals surface area contributed by atoms with Gasteiger partial charge in [-0.05, 0) is 62.8 Å². The molecule has 1 fully saturated rings. The highest BCUT2D eigenvalue weighted by molar-refractivity contribution is 5.94. The van der Waals surface area contributed by atoms with Crippen LogP contribution in [0.15, 0.2) is 47.5 Å². The molecule has 0 saturated carbocycles. The van der Waals surface area contributed by atoms with Crippen molar-refractivity contribution in [1.82, 2.24) is 15.5 Å². The Balaban J connectivity index is 1.45. The van der Waals surface area contributed by atoms with Gasteiger partial charge in [0.2, 0.25) is 0 Å². The van der Waals surface area contributed by atoms with Gasteiger partial charge in [-0.3, -0.25) is 9.79 Å². The zero-order valence-corrected chi connectivity index (χ0v) is 18.5. The Morgan fingerprint density at radius 3 is 2.23 bits per heavy atom. The first-order chi connectivity index (χ1) is 14.5. The minimum atomic E-state index is 0.151. The Kier molecular flexibility index (Phi) is 7.89. The lowest BCUT2D eigenvalue weighted by Gasteiger charge is -2.26. The predicted octanol–water partition coefficient (Wildman–Crippen LogP) is 3.84. The zero-order valence-electron chi connectivity index (χ0n) is 18.5. The average Bonchev–Trinajstić information content (AvgIpc) is 2.76. The summed E-state index contributed by atoms with van der Waals surface area (Å²) in [6, 6.07) is 14.6. The molecule has 3 rings (SSSR count). The lowest BCUT2D eigenvalue weighted by molar-refractivity contribution is 0.0724. The van der Waals surface area contributed by atoms with Gasteiger partial charge in [0, 0.05) is 38.8 Å². The van der Waals surface area contributed by atoms with Gasteiger partial charge in [0.15, 0.2) is 5.96 Å². The first-order valence-electron chi connectivity index (χ1n) is 10.9. The number of nitrogens with zero attached hydrogens (tertiary/aromatic N) is 2. The fraction of sp³-hybridized carbons (Fsp3) is 0.440. The van der Waals surface area contributed by atoms with Gasteiger partial charge in [0.05, 0.1) is 0 Å². The molecule has 5 nitrogen and oxygen atoms in total. The van der Waals surface area contributed by atoms with Crippen LogP contribution in [0, 0.1) is 13.8 Å². The van der Waals surface area contributed by atoms with Crippen LogP contribution in [0.1, 0.15) is 51.9 Å². The standard InChI is InChI=1S/C25H34N4O/c1-19-15-20(2)17-22(16-19)11-12-27-25(26-3)28-18-21-7-9-23(10-8-21)24(30)29-13-5-4-6-14-29/h7-10,15-17H,4-6,11-14,18H2,1-3H3,(H2,26,27,28). The number of likely N-dealkylation sites (tertiary alicyclic amines) is 1. The number of carbonyl (C=O) groups is 1.